The molecule has 13 heavy (non-hydrogen) atoms. The topological polar surface area (TPSA) is 30.1 Å². The van der Waals surface area contributed by atoms with Crippen LogP contribution in [-0.2, 0) is 10.5 Å². The molecule has 4 heteroatoms. The van der Waals surface area contributed by atoms with Crippen molar-refractivity contribution in [3.8, 4) is 0 Å². The van der Waals surface area contributed by atoms with Gasteiger partial charge in [0, 0.05) is 11.3 Å². The number of fused-ring (bicyclic) bond motifs is 1. The van der Waals surface area contributed by atoms with Crippen LogP contribution < -0.4 is 0 Å². The van der Waals surface area contributed by atoms with Crippen LogP contribution in [0.5, 0.6) is 0 Å². The largest absolute Gasteiger partial charge is 0.394 e. The normalized spacial score (nSPS) is 17.9. The van der Waals surface area contributed by atoms with E-state index in [1.165, 1.54) is 5.56 Å². The number of thioether (sulfide) groups is 1. The van der Waals surface area contributed by atoms with Gasteiger partial charge in [-0.1, -0.05) is 0 Å². The highest BCUT2D eigenvalue weighted by Crippen LogP contribution is 2.45. The predicted molar refractivity (Wildman–Crippen MR) is 52.6 cm³/mol. The summed E-state index contributed by atoms with van der Waals surface area (Å²) >= 11 is 1.84. The van der Waals surface area contributed by atoms with E-state index in [1.807, 2.05) is 11.8 Å². The molecular weight excluding hydrogens is 182 g/mol. The van der Waals surface area contributed by atoms with E-state index in [2.05, 4.69) is 28.7 Å². The second-order valence-corrected chi connectivity index (χ2v) is 5.05. The van der Waals surface area contributed by atoms with Crippen molar-refractivity contribution in [1.29, 1.82) is 0 Å². The molecule has 0 radical (unpaired) electrons. The fourth-order valence-electron chi connectivity index (χ4n) is 1.40. The van der Waals surface area contributed by atoms with Crippen molar-refractivity contribution in [2.24, 2.45) is 0 Å². The monoisotopic (exact) mass is 191 g/mol. The second-order valence-electron chi connectivity index (χ2n) is 3.45. The number of rotatable bonds is 0. The Morgan fingerprint density at radius 2 is 2.38 bits per heavy atom. The first kappa shape index (κ1) is 8.52. The van der Waals surface area contributed by atoms with Gasteiger partial charge >= 0.3 is 5.95 Å². The van der Waals surface area contributed by atoms with Gasteiger partial charge in [0.2, 0.25) is 0 Å². The highest BCUT2D eigenvalue weighted by molar-refractivity contribution is 7.99. The fourth-order valence-corrected chi connectivity index (χ4v) is 2.45. The van der Waals surface area contributed by atoms with Crippen LogP contribution in [0, 0.1) is 6.57 Å². The highest BCUT2D eigenvalue weighted by Gasteiger charge is 2.35. The molecule has 0 aromatic carbocycles. The summed E-state index contributed by atoms with van der Waals surface area (Å²) in [6, 6.07) is 0. The molecule has 0 amide bonds. The van der Waals surface area contributed by atoms with Crippen LogP contribution in [0.3, 0.4) is 0 Å². The van der Waals surface area contributed by atoms with E-state index in [0.29, 0.717) is 0 Å². The zero-order valence-electron chi connectivity index (χ0n) is 7.53. The van der Waals surface area contributed by atoms with Gasteiger partial charge in [-0.05, 0) is 13.8 Å². The van der Waals surface area contributed by atoms with Crippen molar-refractivity contribution in [3.05, 3.63) is 28.9 Å². The molecule has 2 rings (SSSR count). The van der Waals surface area contributed by atoms with Crippen LogP contribution in [0.15, 0.2) is 6.20 Å². The van der Waals surface area contributed by atoms with Gasteiger partial charge in [0.1, 0.15) is 5.69 Å². The first-order chi connectivity index (χ1) is 6.13. The molecule has 1 aliphatic rings. The number of nitrogens with zero attached hydrogens (tertiary/aromatic N) is 3. The Kier molecular flexibility index (Phi) is 1.77. The van der Waals surface area contributed by atoms with E-state index in [-0.39, 0.29) is 10.7 Å². The summed E-state index contributed by atoms with van der Waals surface area (Å²) in [6.07, 6.45) is 1.78. The Bertz CT molecular complexity index is 392. The lowest BCUT2D eigenvalue weighted by atomic mass is 10.1. The molecule has 2 heterocycles. The van der Waals surface area contributed by atoms with E-state index >= 15 is 0 Å². The van der Waals surface area contributed by atoms with Gasteiger partial charge in [0.05, 0.1) is 10.9 Å². The zero-order chi connectivity index (χ0) is 9.47. The molecule has 1 aliphatic heterocycles. The van der Waals surface area contributed by atoms with Crippen LogP contribution in [0.2, 0.25) is 0 Å². The van der Waals surface area contributed by atoms with Crippen molar-refractivity contribution in [3.63, 3.8) is 0 Å². The Morgan fingerprint density at radius 3 is 3.08 bits per heavy atom. The molecule has 0 aliphatic carbocycles. The Hall–Kier alpha value is -1.08. The second kappa shape index (κ2) is 2.71. The standard InChI is InChI=1S/C9H9N3S/c1-9(2)7-6(5-13-9)4-11-8(10-3)12-7/h4H,5H2,1-2H3. The third-order valence-corrected chi connectivity index (χ3v) is 3.48. The summed E-state index contributed by atoms with van der Waals surface area (Å²) in [5.74, 6) is 1.22. The van der Waals surface area contributed by atoms with Crippen molar-refractivity contribution < 1.29 is 0 Å². The minimum absolute atomic E-state index is 0.0394. The maximum absolute atomic E-state index is 6.83. The van der Waals surface area contributed by atoms with Gasteiger partial charge in [0.25, 0.3) is 0 Å². The van der Waals surface area contributed by atoms with Crippen molar-refractivity contribution in [2.75, 3.05) is 0 Å². The molecule has 0 N–H and O–H groups in total. The van der Waals surface area contributed by atoms with Crippen molar-refractivity contribution >= 4 is 17.7 Å². The van der Waals surface area contributed by atoms with Crippen LogP contribution in [0.1, 0.15) is 25.1 Å². The van der Waals surface area contributed by atoms with Gasteiger partial charge in [-0.15, -0.1) is 18.3 Å². The molecule has 66 valence electrons. The van der Waals surface area contributed by atoms with Crippen LogP contribution in [-0.4, -0.2) is 9.97 Å². The minimum Gasteiger partial charge on any atom is -0.394 e. The lowest BCUT2D eigenvalue weighted by Gasteiger charge is -2.13. The molecule has 1 aromatic rings. The van der Waals surface area contributed by atoms with Crippen LogP contribution in [0.4, 0.5) is 5.95 Å². The van der Waals surface area contributed by atoms with Gasteiger partial charge in [-0.3, -0.25) is 0 Å². The third kappa shape index (κ3) is 1.29. The number of aromatic nitrogens is 2. The molecule has 0 fully saturated rings. The van der Waals surface area contributed by atoms with Crippen LogP contribution in [0.25, 0.3) is 4.85 Å². The lowest BCUT2D eigenvalue weighted by molar-refractivity contribution is 0.754. The average molecular weight is 191 g/mol. The summed E-state index contributed by atoms with van der Waals surface area (Å²) in [6.45, 7) is 11.1. The molecule has 3 nitrogen and oxygen atoms in total. The van der Waals surface area contributed by atoms with E-state index in [1.54, 1.807) is 6.20 Å². The Morgan fingerprint density at radius 1 is 1.62 bits per heavy atom. The molecule has 0 saturated heterocycles. The van der Waals surface area contributed by atoms with E-state index < -0.39 is 0 Å². The molecule has 0 unspecified atom stereocenters. The summed E-state index contributed by atoms with van der Waals surface area (Å²) in [5, 5.41) is 0. The number of hydrogen-bond acceptors (Lipinski definition) is 3. The number of hydrogen-bond donors (Lipinski definition) is 0. The maximum atomic E-state index is 6.83. The molecule has 0 atom stereocenters. The van der Waals surface area contributed by atoms with Crippen molar-refractivity contribution in [2.45, 2.75) is 24.3 Å². The van der Waals surface area contributed by atoms with Crippen LogP contribution >= 0.6 is 11.8 Å². The first-order valence-electron chi connectivity index (χ1n) is 4.01. The summed E-state index contributed by atoms with van der Waals surface area (Å²) in [7, 11) is 0. The van der Waals surface area contributed by atoms with Crippen molar-refractivity contribution in [1.82, 2.24) is 9.97 Å². The molecule has 0 spiro atoms. The molecule has 1 aromatic heterocycles. The highest BCUT2D eigenvalue weighted by atomic mass is 32.2. The Balaban J connectivity index is 2.57. The molecular formula is C9H9N3S. The molecule has 0 bridgehead atoms. The summed E-state index contributed by atoms with van der Waals surface area (Å²) in [5.41, 5.74) is 2.20. The smallest absolute Gasteiger partial charge is 0.371 e. The quantitative estimate of drug-likeness (QED) is 0.590. The average Bonchev–Trinajstić information content (AvgIpc) is 2.42. The predicted octanol–water partition coefficient (Wildman–Crippen LogP) is 2.51. The SMILES string of the molecule is [C-]#[N+]c1ncc2c(n1)C(C)(C)SC2. The third-order valence-electron chi connectivity index (χ3n) is 2.11. The maximum Gasteiger partial charge on any atom is 0.371 e. The van der Waals surface area contributed by atoms with Gasteiger partial charge in [-0.25, -0.2) is 0 Å². The Labute approximate surface area is 81.4 Å². The van der Waals surface area contributed by atoms with Gasteiger partial charge < -0.3 is 4.85 Å². The van der Waals surface area contributed by atoms with E-state index in [9.17, 15) is 0 Å². The van der Waals surface area contributed by atoms with Gasteiger partial charge in [0.15, 0.2) is 0 Å². The lowest BCUT2D eigenvalue weighted by Crippen LogP contribution is -2.10. The minimum atomic E-state index is 0.0394. The van der Waals surface area contributed by atoms with E-state index in [4.69, 9.17) is 6.57 Å². The zero-order valence-corrected chi connectivity index (χ0v) is 8.35. The first-order valence-corrected chi connectivity index (χ1v) is 5.00. The van der Waals surface area contributed by atoms with E-state index in [0.717, 1.165) is 11.4 Å². The summed E-state index contributed by atoms with van der Waals surface area (Å²) < 4.78 is 0.0394. The fraction of sp³-hybridized carbons (Fsp3) is 0.444. The summed E-state index contributed by atoms with van der Waals surface area (Å²) in [4.78, 5) is 11.4. The molecule has 0 saturated carbocycles. The van der Waals surface area contributed by atoms with Gasteiger partial charge in [-0.2, -0.15) is 9.97 Å².